The van der Waals surface area contributed by atoms with E-state index in [4.69, 9.17) is 4.74 Å². The normalized spacial score (nSPS) is 13.4. The summed E-state index contributed by atoms with van der Waals surface area (Å²) in [6.45, 7) is 2.13. The zero-order chi connectivity index (χ0) is 18.4. The topological polar surface area (TPSA) is 55.4 Å². The number of hydrogen-bond donors (Lipinski definition) is 1. The first-order chi connectivity index (χ1) is 12.7. The molecule has 1 saturated carbocycles. The molecule has 138 valence electrons. The quantitative estimate of drug-likeness (QED) is 0.359. The molecular formula is C20H23NO3S2. The molecule has 1 heterocycles. The van der Waals surface area contributed by atoms with Gasteiger partial charge in [0.2, 0.25) is 5.91 Å². The lowest BCUT2D eigenvalue weighted by atomic mass is 10.1. The standard InChI is InChI=1S/C20H23NO3S2/c1-2-24-20(23)18-16(14-10-11-14)13-26-19(18)21-17(22)9-6-12-25-15-7-4-3-5-8-15/h3-5,7-8,13-14H,2,6,9-12H2,1H3,(H,21,22). The molecule has 1 aromatic heterocycles. The van der Waals surface area contributed by atoms with Crippen molar-refractivity contribution in [3.63, 3.8) is 0 Å². The van der Waals surface area contributed by atoms with Crippen molar-refractivity contribution in [3.05, 3.63) is 46.8 Å². The van der Waals surface area contributed by atoms with Gasteiger partial charge in [0.1, 0.15) is 5.00 Å². The molecule has 1 fully saturated rings. The summed E-state index contributed by atoms with van der Waals surface area (Å²) in [4.78, 5) is 25.8. The summed E-state index contributed by atoms with van der Waals surface area (Å²) in [5.74, 6) is 0.956. The molecule has 4 nitrogen and oxygen atoms in total. The number of esters is 1. The zero-order valence-corrected chi connectivity index (χ0v) is 16.5. The van der Waals surface area contributed by atoms with E-state index in [0.717, 1.165) is 30.6 Å². The van der Waals surface area contributed by atoms with Gasteiger partial charge in [-0.15, -0.1) is 23.1 Å². The Morgan fingerprint density at radius 1 is 1.27 bits per heavy atom. The average molecular weight is 390 g/mol. The third kappa shape index (κ3) is 5.11. The van der Waals surface area contributed by atoms with Crippen molar-refractivity contribution in [2.24, 2.45) is 0 Å². The van der Waals surface area contributed by atoms with E-state index in [0.29, 0.717) is 29.5 Å². The fourth-order valence-electron chi connectivity index (χ4n) is 2.70. The van der Waals surface area contributed by atoms with Crippen molar-refractivity contribution in [2.45, 2.75) is 43.4 Å². The van der Waals surface area contributed by atoms with Crippen LogP contribution in [0.1, 0.15) is 54.4 Å². The van der Waals surface area contributed by atoms with Crippen LogP contribution in [0.2, 0.25) is 0 Å². The van der Waals surface area contributed by atoms with Crippen molar-refractivity contribution in [2.75, 3.05) is 17.7 Å². The Balaban J connectivity index is 1.53. The number of carbonyl (C=O) groups excluding carboxylic acids is 2. The van der Waals surface area contributed by atoms with E-state index in [1.807, 2.05) is 23.6 Å². The maximum atomic E-state index is 12.3. The molecule has 0 saturated heterocycles. The summed E-state index contributed by atoms with van der Waals surface area (Å²) in [6.07, 6.45) is 3.44. The lowest BCUT2D eigenvalue weighted by Gasteiger charge is -2.08. The molecule has 0 spiro atoms. The Bertz CT molecular complexity index is 754. The number of rotatable bonds is 9. The maximum Gasteiger partial charge on any atom is 0.341 e. The van der Waals surface area contributed by atoms with Crippen LogP contribution >= 0.6 is 23.1 Å². The molecule has 2 aromatic rings. The summed E-state index contributed by atoms with van der Waals surface area (Å²) < 4.78 is 5.19. The van der Waals surface area contributed by atoms with Crippen molar-refractivity contribution >= 4 is 40.0 Å². The van der Waals surface area contributed by atoms with E-state index >= 15 is 0 Å². The predicted octanol–water partition coefficient (Wildman–Crippen LogP) is 5.31. The molecule has 3 rings (SSSR count). The fraction of sp³-hybridized carbons (Fsp3) is 0.400. The molecule has 1 aromatic carbocycles. The first-order valence-electron chi connectivity index (χ1n) is 8.95. The molecule has 0 atom stereocenters. The van der Waals surface area contributed by atoms with Gasteiger partial charge in [-0.1, -0.05) is 18.2 Å². The molecule has 1 aliphatic carbocycles. The summed E-state index contributed by atoms with van der Waals surface area (Å²) >= 11 is 3.17. The Hall–Kier alpha value is -1.79. The molecular weight excluding hydrogens is 366 g/mol. The van der Waals surface area contributed by atoms with Gasteiger partial charge in [0.05, 0.1) is 12.2 Å². The van der Waals surface area contributed by atoms with Gasteiger partial charge in [-0.2, -0.15) is 0 Å². The highest BCUT2D eigenvalue weighted by Crippen LogP contribution is 2.46. The number of ether oxygens (including phenoxy) is 1. The molecule has 0 unspecified atom stereocenters. The third-order valence-electron chi connectivity index (χ3n) is 4.13. The summed E-state index contributed by atoms with van der Waals surface area (Å²) in [7, 11) is 0. The van der Waals surface area contributed by atoms with Gasteiger partial charge < -0.3 is 10.1 Å². The molecule has 1 N–H and O–H groups in total. The van der Waals surface area contributed by atoms with Crippen LogP contribution in [0.4, 0.5) is 5.00 Å². The molecule has 1 aliphatic rings. The third-order valence-corrected chi connectivity index (χ3v) is 6.14. The monoisotopic (exact) mass is 389 g/mol. The van der Waals surface area contributed by atoms with Gasteiger partial charge in [-0.05, 0) is 60.9 Å². The molecule has 1 amide bonds. The van der Waals surface area contributed by atoms with Crippen LogP contribution in [0.3, 0.4) is 0 Å². The first kappa shape index (κ1) is 19.0. The number of benzene rings is 1. The van der Waals surface area contributed by atoms with Crippen LogP contribution in [0.25, 0.3) is 0 Å². The number of thiophene rings is 1. The van der Waals surface area contributed by atoms with E-state index in [2.05, 4.69) is 17.4 Å². The highest BCUT2D eigenvalue weighted by molar-refractivity contribution is 7.99. The lowest BCUT2D eigenvalue weighted by molar-refractivity contribution is -0.116. The van der Waals surface area contributed by atoms with E-state index in [-0.39, 0.29) is 11.9 Å². The highest BCUT2D eigenvalue weighted by atomic mass is 32.2. The molecule has 6 heteroatoms. The van der Waals surface area contributed by atoms with Crippen molar-refractivity contribution in [1.82, 2.24) is 0 Å². The molecule has 0 bridgehead atoms. The van der Waals surface area contributed by atoms with Gasteiger partial charge >= 0.3 is 5.97 Å². The van der Waals surface area contributed by atoms with Crippen molar-refractivity contribution in [3.8, 4) is 0 Å². The SMILES string of the molecule is CCOC(=O)c1c(C2CC2)csc1NC(=O)CCCSc1ccccc1. The van der Waals surface area contributed by atoms with Crippen LogP contribution < -0.4 is 5.32 Å². The van der Waals surface area contributed by atoms with Gasteiger partial charge in [-0.3, -0.25) is 4.79 Å². The van der Waals surface area contributed by atoms with E-state index in [9.17, 15) is 9.59 Å². The number of carbonyl (C=O) groups is 2. The largest absolute Gasteiger partial charge is 0.462 e. The van der Waals surface area contributed by atoms with E-state index in [1.165, 1.54) is 16.2 Å². The molecule has 26 heavy (non-hydrogen) atoms. The fourth-order valence-corrected chi connectivity index (χ4v) is 4.62. The van der Waals surface area contributed by atoms with Crippen LogP contribution in [0.5, 0.6) is 0 Å². The minimum atomic E-state index is -0.328. The first-order valence-corrected chi connectivity index (χ1v) is 10.8. The second-order valence-electron chi connectivity index (χ2n) is 6.20. The van der Waals surface area contributed by atoms with Crippen LogP contribution in [-0.4, -0.2) is 24.2 Å². The van der Waals surface area contributed by atoms with Gasteiger partial charge in [0.15, 0.2) is 0 Å². The van der Waals surface area contributed by atoms with E-state index in [1.54, 1.807) is 18.7 Å². The number of anilines is 1. The smallest absolute Gasteiger partial charge is 0.341 e. The van der Waals surface area contributed by atoms with Crippen LogP contribution in [0, 0.1) is 0 Å². The van der Waals surface area contributed by atoms with Crippen molar-refractivity contribution in [1.29, 1.82) is 0 Å². The second-order valence-corrected chi connectivity index (χ2v) is 8.25. The predicted molar refractivity (Wildman–Crippen MR) is 107 cm³/mol. The number of nitrogens with one attached hydrogen (secondary N) is 1. The number of thioether (sulfide) groups is 1. The Kier molecular flexibility index (Phi) is 6.74. The lowest BCUT2D eigenvalue weighted by Crippen LogP contribution is -2.15. The second kappa shape index (κ2) is 9.24. The van der Waals surface area contributed by atoms with Gasteiger partial charge in [0, 0.05) is 11.3 Å². The van der Waals surface area contributed by atoms with Gasteiger partial charge in [0.25, 0.3) is 0 Å². The Morgan fingerprint density at radius 3 is 2.73 bits per heavy atom. The number of amides is 1. The maximum absolute atomic E-state index is 12.3. The molecule has 0 aliphatic heterocycles. The zero-order valence-electron chi connectivity index (χ0n) is 14.8. The summed E-state index contributed by atoms with van der Waals surface area (Å²) in [5, 5.41) is 5.54. The van der Waals surface area contributed by atoms with Crippen LogP contribution in [-0.2, 0) is 9.53 Å². The van der Waals surface area contributed by atoms with Gasteiger partial charge in [-0.25, -0.2) is 4.79 Å². The molecule has 0 radical (unpaired) electrons. The summed E-state index contributed by atoms with van der Waals surface area (Å²) in [6, 6.07) is 10.2. The summed E-state index contributed by atoms with van der Waals surface area (Å²) in [5.41, 5.74) is 1.59. The minimum Gasteiger partial charge on any atom is -0.462 e. The minimum absolute atomic E-state index is 0.0478. The highest BCUT2D eigenvalue weighted by Gasteiger charge is 2.32. The number of hydrogen-bond acceptors (Lipinski definition) is 5. The van der Waals surface area contributed by atoms with E-state index < -0.39 is 0 Å². The Labute approximate surface area is 162 Å². The average Bonchev–Trinajstić information content (AvgIpc) is 3.40. The van der Waals surface area contributed by atoms with Crippen molar-refractivity contribution < 1.29 is 14.3 Å². The van der Waals surface area contributed by atoms with Crippen LogP contribution in [0.15, 0.2) is 40.6 Å². The Morgan fingerprint density at radius 2 is 2.04 bits per heavy atom.